The van der Waals surface area contributed by atoms with Crippen LogP contribution in [-0.4, -0.2) is 13.7 Å². The van der Waals surface area contributed by atoms with E-state index >= 15 is 0 Å². The van der Waals surface area contributed by atoms with E-state index in [1.54, 1.807) is 7.11 Å². The van der Waals surface area contributed by atoms with Gasteiger partial charge in [-0.25, -0.2) is 0 Å². The Morgan fingerprint density at radius 2 is 1.56 bits per heavy atom. The van der Waals surface area contributed by atoms with Crippen LogP contribution in [0.4, 0.5) is 0 Å². The third-order valence-electron chi connectivity index (χ3n) is 2.72. The zero-order valence-electron chi connectivity index (χ0n) is 10.4. The molecule has 2 N–H and O–H groups in total. The maximum Gasteiger partial charge on any atom is 0.136 e. The number of nitrogens with two attached hydrogens (primary N) is 1. The van der Waals surface area contributed by atoms with Gasteiger partial charge in [-0.2, -0.15) is 0 Å². The van der Waals surface area contributed by atoms with Gasteiger partial charge in [0.05, 0.1) is 7.11 Å². The van der Waals surface area contributed by atoms with E-state index in [2.05, 4.69) is 0 Å². The van der Waals surface area contributed by atoms with E-state index < -0.39 is 0 Å². The van der Waals surface area contributed by atoms with Gasteiger partial charge < -0.3 is 15.2 Å². The lowest BCUT2D eigenvalue weighted by atomic mass is 10.1. The van der Waals surface area contributed by atoms with Crippen LogP contribution >= 0.6 is 0 Å². The number of rotatable bonds is 5. The largest absolute Gasteiger partial charge is 0.497 e. The van der Waals surface area contributed by atoms with Crippen molar-refractivity contribution in [1.82, 2.24) is 0 Å². The van der Waals surface area contributed by atoms with Crippen LogP contribution in [0.3, 0.4) is 0 Å². The van der Waals surface area contributed by atoms with Gasteiger partial charge in [-0.3, -0.25) is 0 Å². The average Bonchev–Trinajstić information content (AvgIpc) is 2.46. The molecule has 0 aromatic heterocycles. The first-order chi connectivity index (χ1) is 8.83. The third-order valence-corrected chi connectivity index (χ3v) is 2.72. The van der Waals surface area contributed by atoms with E-state index in [0.29, 0.717) is 6.54 Å². The maximum absolute atomic E-state index is 5.87. The topological polar surface area (TPSA) is 44.5 Å². The van der Waals surface area contributed by atoms with Gasteiger partial charge >= 0.3 is 0 Å². The van der Waals surface area contributed by atoms with Gasteiger partial charge in [0.2, 0.25) is 0 Å². The fraction of sp³-hybridized carbons (Fsp3) is 0.200. The highest BCUT2D eigenvalue weighted by Gasteiger charge is 2.10. The molecule has 0 aliphatic rings. The van der Waals surface area contributed by atoms with Gasteiger partial charge in [0, 0.05) is 6.54 Å². The van der Waals surface area contributed by atoms with Gasteiger partial charge in [0.25, 0.3) is 0 Å². The molecule has 3 nitrogen and oxygen atoms in total. The molecule has 2 rings (SSSR count). The summed E-state index contributed by atoms with van der Waals surface area (Å²) in [5.41, 5.74) is 6.84. The van der Waals surface area contributed by atoms with Gasteiger partial charge in [-0.1, -0.05) is 30.3 Å². The Labute approximate surface area is 107 Å². The minimum atomic E-state index is -0.125. The van der Waals surface area contributed by atoms with E-state index in [1.807, 2.05) is 54.6 Å². The minimum Gasteiger partial charge on any atom is -0.497 e. The summed E-state index contributed by atoms with van der Waals surface area (Å²) in [5.74, 6) is 1.60. The van der Waals surface area contributed by atoms with Crippen LogP contribution in [0.15, 0.2) is 54.6 Å². The van der Waals surface area contributed by atoms with Crippen molar-refractivity contribution in [3.05, 3.63) is 60.2 Å². The van der Waals surface area contributed by atoms with Crippen LogP contribution in [0, 0.1) is 0 Å². The van der Waals surface area contributed by atoms with Gasteiger partial charge in [-0.15, -0.1) is 0 Å². The highest BCUT2D eigenvalue weighted by Crippen LogP contribution is 2.23. The number of hydrogen-bond acceptors (Lipinski definition) is 3. The molecule has 0 aliphatic carbocycles. The highest BCUT2D eigenvalue weighted by atomic mass is 16.5. The molecule has 0 spiro atoms. The van der Waals surface area contributed by atoms with Crippen LogP contribution in [-0.2, 0) is 0 Å². The van der Waals surface area contributed by atoms with Crippen molar-refractivity contribution in [2.75, 3.05) is 13.7 Å². The van der Waals surface area contributed by atoms with Crippen molar-refractivity contribution in [1.29, 1.82) is 0 Å². The lowest BCUT2D eigenvalue weighted by Crippen LogP contribution is -2.18. The number of ether oxygens (including phenoxy) is 2. The molecule has 2 aromatic rings. The molecule has 0 fully saturated rings. The molecule has 0 amide bonds. The molecule has 1 unspecified atom stereocenters. The summed E-state index contributed by atoms with van der Waals surface area (Å²) in [6, 6.07) is 17.5. The Morgan fingerprint density at radius 3 is 2.11 bits per heavy atom. The van der Waals surface area contributed by atoms with Gasteiger partial charge in [0.1, 0.15) is 17.6 Å². The monoisotopic (exact) mass is 243 g/mol. The second-order valence-corrected chi connectivity index (χ2v) is 3.93. The zero-order valence-corrected chi connectivity index (χ0v) is 10.4. The number of hydrogen-bond donors (Lipinski definition) is 1. The van der Waals surface area contributed by atoms with Crippen molar-refractivity contribution in [3.63, 3.8) is 0 Å². The first kappa shape index (κ1) is 12.5. The maximum atomic E-state index is 5.87. The first-order valence-electron chi connectivity index (χ1n) is 5.89. The Morgan fingerprint density at radius 1 is 0.944 bits per heavy atom. The Kier molecular flexibility index (Phi) is 4.20. The van der Waals surface area contributed by atoms with Crippen molar-refractivity contribution in [2.24, 2.45) is 5.73 Å². The SMILES string of the molecule is COc1ccc(OC(CN)c2ccccc2)cc1. The number of methoxy groups -OCH3 is 1. The first-order valence-corrected chi connectivity index (χ1v) is 5.89. The van der Waals surface area contributed by atoms with E-state index in [4.69, 9.17) is 15.2 Å². The van der Waals surface area contributed by atoms with Crippen LogP contribution in [0.1, 0.15) is 11.7 Å². The molecular weight excluding hydrogens is 226 g/mol. The van der Waals surface area contributed by atoms with Crippen molar-refractivity contribution in [2.45, 2.75) is 6.10 Å². The molecule has 0 aliphatic heterocycles. The standard InChI is InChI=1S/C15H17NO2/c1-17-13-7-9-14(10-8-13)18-15(11-16)12-5-3-2-4-6-12/h2-10,15H,11,16H2,1H3. The van der Waals surface area contributed by atoms with Crippen molar-refractivity contribution >= 4 is 0 Å². The molecule has 0 bridgehead atoms. The molecule has 0 saturated carbocycles. The predicted molar refractivity (Wildman–Crippen MR) is 71.9 cm³/mol. The molecule has 3 heteroatoms. The molecule has 94 valence electrons. The molecule has 0 heterocycles. The highest BCUT2D eigenvalue weighted by molar-refractivity contribution is 5.32. The molecule has 0 radical (unpaired) electrons. The smallest absolute Gasteiger partial charge is 0.136 e. The normalized spacial score (nSPS) is 11.9. The Hall–Kier alpha value is -2.00. The van der Waals surface area contributed by atoms with Gasteiger partial charge in [0.15, 0.2) is 0 Å². The van der Waals surface area contributed by atoms with E-state index in [1.165, 1.54) is 0 Å². The van der Waals surface area contributed by atoms with E-state index in [-0.39, 0.29) is 6.10 Å². The fourth-order valence-corrected chi connectivity index (χ4v) is 1.74. The summed E-state index contributed by atoms with van der Waals surface area (Å²) in [4.78, 5) is 0. The second-order valence-electron chi connectivity index (χ2n) is 3.93. The molecular formula is C15H17NO2. The Bertz CT molecular complexity index is 468. The molecule has 2 aromatic carbocycles. The van der Waals surface area contributed by atoms with Gasteiger partial charge in [-0.05, 0) is 29.8 Å². The summed E-state index contributed by atoms with van der Waals surface area (Å²) in [6.07, 6.45) is -0.125. The second kappa shape index (κ2) is 6.07. The summed E-state index contributed by atoms with van der Waals surface area (Å²) in [7, 11) is 1.64. The molecule has 18 heavy (non-hydrogen) atoms. The third kappa shape index (κ3) is 3.02. The summed E-state index contributed by atoms with van der Waals surface area (Å²) >= 11 is 0. The lowest BCUT2D eigenvalue weighted by Gasteiger charge is -2.18. The predicted octanol–water partition coefficient (Wildman–Crippen LogP) is 2.77. The summed E-state index contributed by atoms with van der Waals surface area (Å²) in [6.45, 7) is 0.441. The summed E-state index contributed by atoms with van der Waals surface area (Å²) < 4.78 is 11.0. The van der Waals surface area contributed by atoms with Crippen LogP contribution in [0.25, 0.3) is 0 Å². The minimum absolute atomic E-state index is 0.125. The lowest BCUT2D eigenvalue weighted by molar-refractivity contribution is 0.214. The van der Waals surface area contributed by atoms with Crippen LogP contribution < -0.4 is 15.2 Å². The van der Waals surface area contributed by atoms with Crippen molar-refractivity contribution in [3.8, 4) is 11.5 Å². The average molecular weight is 243 g/mol. The molecule has 1 atom stereocenters. The zero-order chi connectivity index (χ0) is 12.8. The van der Waals surface area contributed by atoms with Crippen molar-refractivity contribution < 1.29 is 9.47 Å². The van der Waals surface area contributed by atoms with E-state index in [9.17, 15) is 0 Å². The van der Waals surface area contributed by atoms with E-state index in [0.717, 1.165) is 17.1 Å². The van der Waals surface area contributed by atoms with Crippen LogP contribution in [0.2, 0.25) is 0 Å². The summed E-state index contributed by atoms with van der Waals surface area (Å²) in [5, 5.41) is 0. The Balaban J connectivity index is 2.10. The number of benzene rings is 2. The fourth-order valence-electron chi connectivity index (χ4n) is 1.74. The van der Waals surface area contributed by atoms with Crippen LogP contribution in [0.5, 0.6) is 11.5 Å². The molecule has 0 saturated heterocycles. The quantitative estimate of drug-likeness (QED) is 0.878.